The molecular weight excluding hydrogens is 560 g/mol. The fourth-order valence-electron chi connectivity index (χ4n) is 7.45. The summed E-state index contributed by atoms with van der Waals surface area (Å²) in [7, 11) is 0. The van der Waals surface area contributed by atoms with E-state index < -0.39 is 77.2 Å². The first-order chi connectivity index (χ1) is 20.1. The van der Waals surface area contributed by atoms with Crippen molar-refractivity contribution in [3.8, 4) is 5.75 Å². The molecule has 5 rings (SSSR count). The molecule has 4 aliphatic rings. The summed E-state index contributed by atoms with van der Waals surface area (Å²) in [6, 6.07) is 6.06. The number of ether oxygens (including phenoxy) is 4. The molecule has 234 valence electrons. The number of phenolic OH excluding ortho intramolecular Hbond substituents is 1. The molecule has 0 radical (unpaired) electrons. The maximum atomic E-state index is 13.8. The van der Waals surface area contributed by atoms with E-state index in [-0.39, 0.29) is 18.0 Å². The molecule has 1 heterocycles. The molecule has 8 atom stereocenters. The second-order valence-corrected chi connectivity index (χ2v) is 13.1. The molecule has 0 aromatic heterocycles. The van der Waals surface area contributed by atoms with Gasteiger partial charge in [0, 0.05) is 23.8 Å². The van der Waals surface area contributed by atoms with Crippen molar-refractivity contribution >= 4 is 23.8 Å². The molecule has 11 heteroatoms. The predicted octanol–water partition coefficient (Wildman–Crippen LogP) is 2.19. The summed E-state index contributed by atoms with van der Waals surface area (Å²) in [6.07, 6.45) is -1.28. The molecule has 1 aliphatic heterocycles. The number of benzene rings is 1. The number of ketones is 1. The molecule has 0 amide bonds. The lowest BCUT2D eigenvalue weighted by molar-refractivity contribution is -0.332. The van der Waals surface area contributed by atoms with E-state index in [0.29, 0.717) is 5.56 Å². The second-order valence-electron chi connectivity index (χ2n) is 13.1. The monoisotopic (exact) mass is 600 g/mol. The molecular formula is C32H40O11. The van der Waals surface area contributed by atoms with E-state index in [1.54, 1.807) is 32.9 Å². The Kier molecular flexibility index (Phi) is 7.88. The summed E-state index contributed by atoms with van der Waals surface area (Å²) in [5.74, 6) is -2.70. The molecule has 1 spiro atoms. The van der Waals surface area contributed by atoms with Crippen molar-refractivity contribution in [2.45, 2.75) is 95.8 Å². The van der Waals surface area contributed by atoms with Crippen LogP contribution in [0.3, 0.4) is 0 Å². The highest BCUT2D eigenvalue weighted by Crippen LogP contribution is 2.69. The van der Waals surface area contributed by atoms with Gasteiger partial charge in [-0.25, -0.2) is 4.79 Å². The highest BCUT2D eigenvalue weighted by atomic mass is 16.7. The number of phenols is 1. The number of aromatic hydroxyl groups is 1. The van der Waals surface area contributed by atoms with Gasteiger partial charge in [0.1, 0.15) is 29.3 Å². The number of carbonyl (C=O) groups is 3. The van der Waals surface area contributed by atoms with Gasteiger partial charge in [-0.05, 0) is 56.9 Å². The van der Waals surface area contributed by atoms with Gasteiger partial charge in [0.15, 0.2) is 18.5 Å². The third-order valence-corrected chi connectivity index (χ3v) is 9.62. The zero-order chi connectivity index (χ0) is 31.5. The van der Waals surface area contributed by atoms with Crippen LogP contribution in [0.1, 0.15) is 59.4 Å². The molecule has 1 aromatic carbocycles. The smallest absolute Gasteiger partial charge is 0.331 e. The van der Waals surface area contributed by atoms with E-state index >= 15 is 0 Å². The van der Waals surface area contributed by atoms with Gasteiger partial charge in [-0.3, -0.25) is 9.59 Å². The van der Waals surface area contributed by atoms with Gasteiger partial charge in [-0.2, -0.15) is 0 Å². The summed E-state index contributed by atoms with van der Waals surface area (Å²) >= 11 is 0. The number of rotatable bonds is 7. The van der Waals surface area contributed by atoms with Crippen LogP contribution in [-0.2, 0) is 33.3 Å². The van der Waals surface area contributed by atoms with Crippen molar-refractivity contribution in [3.63, 3.8) is 0 Å². The van der Waals surface area contributed by atoms with Crippen LogP contribution < -0.4 is 0 Å². The standard InChI is InChI=1S/C32H40O11/c1-17-14-32(16-29(3,4)27(38)26(32)30(5,39)31(17)12-13-31)43-28-25(40-18(2)34)23(37)24(21(15-33)41-28)42-22(36)11-8-19-6-9-20(35)10-7-19/h6-11,14,21,23-26,28,33,35,37,39H,12-13,15-16H2,1-5H3. The Hall–Kier alpha value is -3.09. The molecule has 1 aromatic rings. The number of fused-ring (bicyclic) bond motifs is 1. The summed E-state index contributed by atoms with van der Waals surface area (Å²) in [4.78, 5) is 38.6. The van der Waals surface area contributed by atoms with E-state index in [9.17, 15) is 34.8 Å². The highest BCUT2D eigenvalue weighted by Gasteiger charge is 2.74. The van der Waals surface area contributed by atoms with Crippen molar-refractivity contribution in [1.29, 1.82) is 0 Å². The maximum absolute atomic E-state index is 13.8. The fourth-order valence-corrected chi connectivity index (χ4v) is 7.45. The van der Waals surface area contributed by atoms with Gasteiger partial charge in [0.2, 0.25) is 0 Å². The van der Waals surface area contributed by atoms with Crippen LogP contribution in [0, 0.1) is 16.7 Å². The van der Waals surface area contributed by atoms with Crippen LogP contribution in [0.15, 0.2) is 42.0 Å². The largest absolute Gasteiger partial charge is 0.508 e. The number of esters is 2. The molecule has 0 bridgehead atoms. The lowest BCUT2D eigenvalue weighted by Crippen LogP contribution is -2.65. The molecule has 11 nitrogen and oxygen atoms in total. The molecule has 8 unspecified atom stereocenters. The summed E-state index contributed by atoms with van der Waals surface area (Å²) in [6.45, 7) is 7.59. The first-order valence-corrected chi connectivity index (χ1v) is 14.5. The molecule has 2 saturated carbocycles. The van der Waals surface area contributed by atoms with Crippen LogP contribution in [0.5, 0.6) is 5.75 Å². The van der Waals surface area contributed by atoms with E-state index in [1.807, 2.05) is 13.0 Å². The second kappa shape index (κ2) is 10.8. The molecule has 43 heavy (non-hydrogen) atoms. The summed E-state index contributed by atoms with van der Waals surface area (Å²) in [5.41, 5.74) is -2.72. The minimum atomic E-state index is -1.67. The third kappa shape index (κ3) is 5.31. The Morgan fingerprint density at radius 1 is 1.09 bits per heavy atom. The molecule has 3 aliphatic carbocycles. The summed E-state index contributed by atoms with van der Waals surface area (Å²) < 4.78 is 23.5. The van der Waals surface area contributed by atoms with Gasteiger partial charge in [-0.15, -0.1) is 0 Å². The van der Waals surface area contributed by atoms with E-state index in [4.69, 9.17) is 18.9 Å². The van der Waals surface area contributed by atoms with Gasteiger partial charge in [-0.1, -0.05) is 37.6 Å². The normalized spacial score (nSPS) is 37.6. The lowest BCUT2D eigenvalue weighted by Gasteiger charge is -2.52. The van der Waals surface area contributed by atoms with E-state index in [0.717, 1.165) is 31.4 Å². The Morgan fingerprint density at radius 2 is 1.74 bits per heavy atom. The molecule has 4 N–H and O–H groups in total. The SMILES string of the molecule is CC(=O)OC1C(OC23C=C(C)C4(CC4)C(C)(O)C2C(=O)C(C)(C)C3)OC(CO)C(OC(=O)C=Cc2ccc(O)cc2)C1O. The predicted molar refractivity (Wildman–Crippen MR) is 151 cm³/mol. The van der Waals surface area contributed by atoms with Crippen molar-refractivity contribution in [3.05, 3.63) is 47.6 Å². The summed E-state index contributed by atoms with van der Waals surface area (Å²) in [5, 5.41) is 42.9. The average molecular weight is 601 g/mol. The van der Waals surface area contributed by atoms with Gasteiger partial charge in [0.05, 0.1) is 18.1 Å². The Morgan fingerprint density at radius 3 is 2.33 bits per heavy atom. The average Bonchev–Trinajstić information content (AvgIpc) is 3.70. The fraction of sp³-hybridized carbons (Fsp3) is 0.594. The number of hydrogen-bond donors (Lipinski definition) is 4. The molecule has 1 saturated heterocycles. The first kappa shape index (κ1) is 31.3. The van der Waals surface area contributed by atoms with E-state index in [2.05, 4.69) is 0 Å². The number of carbonyl (C=O) groups excluding carboxylic acids is 3. The Labute approximate surface area is 250 Å². The van der Waals surface area contributed by atoms with Crippen LogP contribution in [0.25, 0.3) is 6.08 Å². The number of Topliss-reactive ketones (excluding diaryl/α,β-unsaturated/α-hetero) is 1. The first-order valence-electron chi connectivity index (χ1n) is 14.5. The minimum absolute atomic E-state index is 0.0622. The quantitative estimate of drug-likeness (QED) is 0.206. The number of aliphatic hydroxyl groups is 3. The van der Waals surface area contributed by atoms with Gasteiger partial charge < -0.3 is 39.4 Å². The third-order valence-electron chi connectivity index (χ3n) is 9.62. The Bertz CT molecular complexity index is 1340. The zero-order valence-electron chi connectivity index (χ0n) is 25.0. The lowest BCUT2D eigenvalue weighted by atomic mass is 9.61. The van der Waals surface area contributed by atoms with Crippen LogP contribution in [0.4, 0.5) is 0 Å². The zero-order valence-corrected chi connectivity index (χ0v) is 25.0. The number of aliphatic hydroxyl groups excluding tert-OH is 2. The topological polar surface area (TPSA) is 169 Å². The van der Waals surface area contributed by atoms with Crippen molar-refractivity contribution < 1.29 is 53.8 Å². The van der Waals surface area contributed by atoms with Crippen molar-refractivity contribution in [1.82, 2.24) is 0 Å². The molecule has 3 fully saturated rings. The Balaban J connectivity index is 1.44. The van der Waals surface area contributed by atoms with Crippen molar-refractivity contribution in [2.24, 2.45) is 16.7 Å². The van der Waals surface area contributed by atoms with Crippen LogP contribution in [0.2, 0.25) is 0 Å². The van der Waals surface area contributed by atoms with Gasteiger partial charge in [0.25, 0.3) is 0 Å². The highest BCUT2D eigenvalue weighted by molar-refractivity contribution is 5.92. The van der Waals surface area contributed by atoms with E-state index in [1.165, 1.54) is 18.2 Å². The van der Waals surface area contributed by atoms with Crippen molar-refractivity contribution in [2.75, 3.05) is 6.61 Å². The minimum Gasteiger partial charge on any atom is -0.508 e. The maximum Gasteiger partial charge on any atom is 0.331 e. The van der Waals surface area contributed by atoms with Crippen LogP contribution >= 0.6 is 0 Å². The van der Waals surface area contributed by atoms with Gasteiger partial charge >= 0.3 is 11.9 Å². The van der Waals surface area contributed by atoms with Crippen LogP contribution in [-0.4, -0.2) is 86.7 Å². The number of hydrogen-bond acceptors (Lipinski definition) is 11.